The van der Waals surface area contributed by atoms with Crippen LogP contribution in [0.4, 0.5) is 0 Å². The van der Waals surface area contributed by atoms with Crippen molar-refractivity contribution in [3.8, 4) is 5.75 Å². The van der Waals surface area contributed by atoms with Crippen molar-refractivity contribution in [2.24, 2.45) is 5.84 Å². The molecule has 0 bridgehead atoms. The monoisotopic (exact) mass is 260 g/mol. The first-order valence-electron chi connectivity index (χ1n) is 4.76. The van der Waals surface area contributed by atoms with Crippen LogP contribution in [0.1, 0.15) is 23.5 Å². The number of phenolic OH excluding ortho intramolecular Hbond substituents is 1. The number of hydrogen-bond acceptors (Lipinski definition) is 3. The lowest BCUT2D eigenvalue weighted by molar-refractivity contribution is -0.122. The molecule has 1 amide bonds. The second kappa shape index (κ2) is 4.13. The van der Waals surface area contributed by atoms with Crippen molar-refractivity contribution in [2.45, 2.75) is 18.8 Å². The van der Waals surface area contributed by atoms with Gasteiger partial charge < -0.3 is 5.11 Å². The zero-order valence-electron chi connectivity index (χ0n) is 8.26. The highest BCUT2D eigenvalue weighted by Gasteiger charge is 2.33. The van der Waals surface area contributed by atoms with Crippen molar-refractivity contribution >= 4 is 29.1 Å². The Morgan fingerprint density at radius 3 is 2.81 bits per heavy atom. The molecule has 0 spiro atoms. The fourth-order valence-electron chi connectivity index (χ4n) is 2.09. The largest absolute Gasteiger partial charge is 0.506 e. The van der Waals surface area contributed by atoms with Gasteiger partial charge in [0.2, 0.25) is 5.91 Å². The van der Waals surface area contributed by atoms with Crippen molar-refractivity contribution < 1.29 is 9.90 Å². The fourth-order valence-corrected chi connectivity index (χ4v) is 2.66. The molecular formula is C10H10Cl2N2O2. The van der Waals surface area contributed by atoms with Crippen LogP contribution in [0.5, 0.6) is 5.75 Å². The van der Waals surface area contributed by atoms with Gasteiger partial charge in [-0.3, -0.25) is 10.2 Å². The van der Waals surface area contributed by atoms with Gasteiger partial charge in [-0.05, 0) is 24.5 Å². The van der Waals surface area contributed by atoms with Crippen LogP contribution in [0.25, 0.3) is 0 Å². The molecule has 0 saturated heterocycles. The first-order valence-corrected chi connectivity index (χ1v) is 5.52. The number of nitrogens with two attached hydrogens (primary N) is 1. The van der Waals surface area contributed by atoms with Crippen molar-refractivity contribution in [1.29, 1.82) is 0 Å². The van der Waals surface area contributed by atoms with Crippen LogP contribution in [0.3, 0.4) is 0 Å². The third-order valence-electron chi connectivity index (χ3n) is 2.84. The van der Waals surface area contributed by atoms with Crippen LogP contribution in [0, 0.1) is 0 Å². The van der Waals surface area contributed by atoms with E-state index in [0.29, 0.717) is 23.4 Å². The van der Waals surface area contributed by atoms with E-state index in [1.807, 2.05) is 0 Å². The molecule has 0 saturated carbocycles. The zero-order chi connectivity index (χ0) is 11.9. The van der Waals surface area contributed by atoms with E-state index < -0.39 is 5.92 Å². The van der Waals surface area contributed by atoms with Gasteiger partial charge in [-0.15, -0.1) is 0 Å². The Hall–Kier alpha value is -0.970. The Kier molecular flexibility index (Phi) is 2.97. The number of rotatable bonds is 1. The number of aromatic hydroxyl groups is 1. The van der Waals surface area contributed by atoms with Crippen molar-refractivity contribution in [1.82, 2.24) is 5.43 Å². The Labute approximate surface area is 102 Å². The number of phenols is 1. The van der Waals surface area contributed by atoms with Gasteiger partial charge in [0, 0.05) is 10.6 Å². The first-order chi connectivity index (χ1) is 7.56. The van der Waals surface area contributed by atoms with Crippen LogP contribution in [0.15, 0.2) is 6.07 Å². The highest BCUT2D eigenvalue weighted by atomic mass is 35.5. The summed E-state index contributed by atoms with van der Waals surface area (Å²) in [6, 6.07) is 1.49. The minimum Gasteiger partial charge on any atom is -0.506 e. The highest BCUT2D eigenvalue weighted by Crippen LogP contribution is 2.45. The molecule has 4 N–H and O–H groups in total. The number of hydrazine groups is 1. The summed E-state index contributed by atoms with van der Waals surface area (Å²) in [4.78, 5) is 11.5. The third-order valence-corrected chi connectivity index (χ3v) is 3.46. The van der Waals surface area contributed by atoms with Gasteiger partial charge in [-0.1, -0.05) is 23.2 Å². The molecule has 0 fully saturated rings. The predicted octanol–water partition coefficient (Wildman–Crippen LogP) is 1.72. The number of benzene rings is 1. The molecular weight excluding hydrogens is 251 g/mol. The molecule has 1 aromatic rings. The van der Waals surface area contributed by atoms with Gasteiger partial charge in [-0.25, -0.2) is 5.84 Å². The average molecular weight is 261 g/mol. The van der Waals surface area contributed by atoms with E-state index in [1.54, 1.807) is 0 Å². The van der Waals surface area contributed by atoms with Crippen molar-refractivity contribution in [3.63, 3.8) is 0 Å². The summed E-state index contributed by atoms with van der Waals surface area (Å²) < 4.78 is 0. The molecule has 86 valence electrons. The lowest BCUT2D eigenvalue weighted by Crippen LogP contribution is -2.34. The number of halogens is 2. The lowest BCUT2D eigenvalue weighted by atomic mass is 9.99. The second-order valence-corrected chi connectivity index (χ2v) is 4.50. The number of carbonyl (C=O) groups is 1. The standard InChI is InChI=1S/C10H10Cl2N2O2/c11-6-3-7(12)9(15)8-4(6)1-2-5(8)10(16)14-13/h3,5,15H,1-2,13H2,(H,14,16). The quantitative estimate of drug-likeness (QED) is 0.409. The second-order valence-electron chi connectivity index (χ2n) is 3.68. The van der Waals surface area contributed by atoms with Gasteiger partial charge >= 0.3 is 0 Å². The molecule has 0 aromatic heterocycles. The zero-order valence-corrected chi connectivity index (χ0v) is 9.77. The van der Waals surface area contributed by atoms with Gasteiger partial charge in [0.15, 0.2) is 0 Å². The van der Waals surface area contributed by atoms with Crippen molar-refractivity contribution in [3.05, 3.63) is 27.2 Å². The summed E-state index contributed by atoms with van der Waals surface area (Å²) in [6.45, 7) is 0. The first kappa shape index (κ1) is 11.5. The van der Waals surface area contributed by atoms with Gasteiger partial charge in [0.1, 0.15) is 5.75 Å². The van der Waals surface area contributed by atoms with Crippen LogP contribution in [-0.2, 0) is 11.2 Å². The number of carbonyl (C=O) groups excluding carboxylic acids is 1. The molecule has 0 heterocycles. The molecule has 16 heavy (non-hydrogen) atoms. The summed E-state index contributed by atoms with van der Waals surface area (Å²) in [5.74, 6) is 4.20. The summed E-state index contributed by atoms with van der Waals surface area (Å²) in [5.41, 5.74) is 3.35. The minimum atomic E-state index is -0.476. The topological polar surface area (TPSA) is 75.3 Å². The van der Waals surface area contributed by atoms with Crippen molar-refractivity contribution in [2.75, 3.05) is 0 Å². The normalized spacial score (nSPS) is 18.3. The van der Waals surface area contributed by atoms with E-state index in [9.17, 15) is 9.90 Å². The molecule has 1 aromatic carbocycles. The molecule has 1 unspecified atom stereocenters. The summed E-state index contributed by atoms with van der Waals surface area (Å²) in [7, 11) is 0. The van der Waals surface area contributed by atoms with E-state index in [0.717, 1.165) is 5.56 Å². The summed E-state index contributed by atoms with van der Waals surface area (Å²) in [5, 5.41) is 10.5. The maximum atomic E-state index is 11.5. The summed E-state index contributed by atoms with van der Waals surface area (Å²) >= 11 is 11.8. The molecule has 4 nitrogen and oxygen atoms in total. The number of amides is 1. The van der Waals surface area contributed by atoms with Crippen LogP contribution in [-0.4, -0.2) is 11.0 Å². The minimum absolute atomic E-state index is 0.0767. The maximum absolute atomic E-state index is 11.5. The Balaban J connectivity index is 2.57. The van der Waals surface area contributed by atoms with E-state index in [-0.39, 0.29) is 16.7 Å². The van der Waals surface area contributed by atoms with E-state index in [1.165, 1.54) is 6.07 Å². The lowest BCUT2D eigenvalue weighted by Gasteiger charge is -2.12. The molecule has 2 rings (SSSR count). The van der Waals surface area contributed by atoms with E-state index in [2.05, 4.69) is 5.43 Å². The third kappa shape index (κ3) is 1.63. The van der Waals surface area contributed by atoms with Crippen LogP contribution >= 0.6 is 23.2 Å². The highest BCUT2D eigenvalue weighted by molar-refractivity contribution is 6.36. The molecule has 1 atom stereocenters. The van der Waals surface area contributed by atoms with Gasteiger partial charge in [-0.2, -0.15) is 0 Å². The molecule has 0 aliphatic heterocycles. The maximum Gasteiger partial charge on any atom is 0.241 e. The average Bonchev–Trinajstić information content (AvgIpc) is 2.70. The fraction of sp³-hybridized carbons (Fsp3) is 0.300. The number of nitrogens with one attached hydrogen (secondary N) is 1. The van der Waals surface area contributed by atoms with Crippen LogP contribution < -0.4 is 11.3 Å². The number of hydrogen-bond donors (Lipinski definition) is 3. The molecule has 6 heteroatoms. The van der Waals surface area contributed by atoms with Gasteiger partial charge in [0.25, 0.3) is 0 Å². The van der Waals surface area contributed by atoms with Crippen LogP contribution in [0.2, 0.25) is 10.0 Å². The van der Waals surface area contributed by atoms with E-state index in [4.69, 9.17) is 29.0 Å². The Morgan fingerprint density at radius 2 is 2.19 bits per heavy atom. The Morgan fingerprint density at radius 1 is 1.50 bits per heavy atom. The SMILES string of the molecule is NNC(=O)C1CCc2c(Cl)cc(Cl)c(O)c21. The molecule has 0 radical (unpaired) electrons. The predicted molar refractivity (Wildman–Crippen MR) is 61.5 cm³/mol. The van der Waals surface area contributed by atoms with Gasteiger partial charge in [0.05, 0.1) is 10.9 Å². The smallest absolute Gasteiger partial charge is 0.241 e. The van der Waals surface area contributed by atoms with E-state index >= 15 is 0 Å². The Bertz CT molecular complexity index is 463. The molecule has 1 aliphatic rings. The number of fused-ring (bicyclic) bond motifs is 1. The molecule has 1 aliphatic carbocycles. The summed E-state index contributed by atoms with van der Waals surface area (Å²) in [6.07, 6.45) is 1.21.